The average molecular weight is 184 g/mol. The number of hydrogen-bond acceptors (Lipinski definition) is 3. The van der Waals surface area contributed by atoms with Gasteiger partial charge in [-0.3, -0.25) is 4.79 Å². The lowest BCUT2D eigenvalue weighted by Crippen LogP contribution is -2.00. The Hall–Kier alpha value is -0.830. The number of rotatable bonds is 3. The summed E-state index contributed by atoms with van der Waals surface area (Å²) in [5.74, 6) is -0.138. The molecule has 0 unspecified atom stereocenters. The molecule has 0 N–H and O–H groups in total. The van der Waals surface area contributed by atoms with E-state index in [4.69, 9.17) is 0 Å². The highest BCUT2D eigenvalue weighted by Gasteiger charge is 2.02. The summed E-state index contributed by atoms with van der Waals surface area (Å²) in [5, 5.41) is 2.09. The Kier molecular flexibility index (Phi) is 3.29. The van der Waals surface area contributed by atoms with Gasteiger partial charge < -0.3 is 4.74 Å². The van der Waals surface area contributed by atoms with Crippen molar-refractivity contribution in [1.82, 2.24) is 0 Å². The second-order valence-electron chi connectivity index (χ2n) is 2.67. The summed E-state index contributed by atoms with van der Waals surface area (Å²) < 4.78 is 4.54. The lowest BCUT2D eigenvalue weighted by molar-refractivity contribution is -0.140. The van der Waals surface area contributed by atoms with E-state index >= 15 is 0 Å². The molecule has 0 aliphatic rings. The van der Waals surface area contributed by atoms with Crippen molar-refractivity contribution < 1.29 is 9.53 Å². The van der Waals surface area contributed by atoms with Crippen LogP contribution in [0.2, 0.25) is 0 Å². The van der Waals surface area contributed by atoms with Crippen LogP contribution in [-0.2, 0) is 16.0 Å². The van der Waals surface area contributed by atoms with E-state index in [1.54, 1.807) is 11.3 Å². The Labute approximate surface area is 76.2 Å². The van der Waals surface area contributed by atoms with Crippen molar-refractivity contribution in [2.24, 2.45) is 0 Å². The van der Waals surface area contributed by atoms with Crippen molar-refractivity contribution in [3.8, 4) is 0 Å². The van der Waals surface area contributed by atoms with Gasteiger partial charge in [0.25, 0.3) is 0 Å². The molecular weight excluding hydrogens is 172 g/mol. The molecular formula is C9H12O2S. The third kappa shape index (κ3) is 2.66. The normalized spacial score (nSPS) is 9.83. The van der Waals surface area contributed by atoms with Crippen LogP contribution in [-0.4, -0.2) is 13.1 Å². The summed E-state index contributed by atoms with van der Waals surface area (Å²) in [6.45, 7) is 2.05. The smallest absolute Gasteiger partial charge is 0.305 e. The van der Waals surface area contributed by atoms with Crippen LogP contribution in [0, 0.1) is 6.92 Å². The van der Waals surface area contributed by atoms with E-state index in [9.17, 15) is 4.79 Å². The number of aryl methyl sites for hydroxylation is 2. The lowest BCUT2D eigenvalue weighted by Gasteiger charge is -1.95. The standard InChI is InChI=1S/C9H12O2S/c1-7-5-8(12-6-7)3-4-9(10)11-2/h5-6H,3-4H2,1-2H3. The van der Waals surface area contributed by atoms with E-state index in [0.29, 0.717) is 6.42 Å². The Morgan fingerprint density at radius 3 is 2.92 bits per heavy atom. The SMILES string of the molecule is COC(=O)CCc1cc(C)cs1. The molecule has 0 bridgehead atoms. The molecule has 1 rings (SSSR count). The van der Waals surface area contributed by atoms with Crippen molar-refractivity contribution in [2.75, 3.05) is 7.11 Å². The van der Waals surface area contributed by atoms with Gasteiger partial charge >= 0.3 is 5.97 Å². The number of carbonyl (C=O) groups excluding carboxylic acids is 1. The summed E-state index contributed by atoms with van der Waals surface area (Å²) in [7, 11) is 1.42. The molecule has 1 aromatic heterocycles. The third-order valence-corrected chi connectivity index (χ3v) is 2.70. The molecule has 0 atom stereocenters. The van der Waals surface area contributed by atoms with Crippen LogP contribution < -0.4 is 0 Å². The number of thiophene rings is 1. The second-order valence-corrected chi connectivity index (χ2v) is 3.66. The Morgan fingerprint density at radius 1 is 1.67 bits per heavy atom. The molecule has 12 heavy (non-hydrogen) atoms. The van der Waals surface area contributed by atoms with Crippen LogP contribution >= 0.6 is 11.3 Å². The van der Waals surface area contributed by atoms with Crippen LogP contribution in [0.15, 0.2) is 11.4 Å². The number of carbonyl (C=O) groups is 1. The molecule has 0 spiro atoms. The Morgan fingerprint density at radius 2 is 2.42 bits per heavy atom. The molecule has 0 radical (unpaired) electrons. The maximum atomic E-state index is 10.8. The van der Waals surface area contributed by atoms with Crippen molar-refractivity contribution in [2.45, 2.75) is 19.8 Å². The maximum Gasteiger partial charge on any atom is 0.305 e. The predicted octanol–water partition coefficient (Wildman–Crippen LogP) is 2.16. The zero-order valence-electron chi connectivity index (χ0n) is 7.29. The zero-order chi connectivity index (χ0) is 8.97. The molecule has 0 aliphatic heterocycles. The van der Waals surface area contributed by atoms with E-state index in [1.807, 2.05) is 0 Å². The van der Waals surface area contributed by atoms with Gasteiger partial charge in [-0.2, -0.15) is 0 Å². The quantitative estimate of drug-likeness (QED) is 0.673. The number of esters is 1. The topological polar surface area (TPSA) is 26.3 Å². The maximum absolute atomic E-state index is 10.8. The molecule has 2 nitrogen and oxygen atoms in total. The van der Waals surface area contributed by atoms with Crippen LogP contribution in [0.1, 0.15) is 16.9 Å². The summed E-state index contributed by atoms with van der Waals surface area (Å²) in [5.41, 5.74) is 1.26. The van der Waals surface area contributed by atoms with Gasteiger partial charge in [-0.15, -0.1) is 11.3 Å². The molecule has 0 aliphatic carbocycles. The third-order valence-electron chi connectivity index (χ3n) is 1.59. The van der Waals surface area contributed by atoms with Crippen molar-refractivity contribution >= 4 is 17.3 Å². The highest BCUT2D eigenvalue weighted by molar-refractivity contribution is 7.10. The minimum atomic E-state index is -0.138. The summed E-state index contributed by atoms with van der Waals surface area (Å²) in [4.78, 5) is 12.0. The Bertz CT molecular complexity index is 265. The van der Waals surface area contributed by atoms with Gasteiger partial charge in [-0.25, -0.2) is 0 Å². The molecule has 0 aromatic carbocycles. The number of methoxy groups -OCH3 is 1. The Balaban J connectivity index is 2.38. The monoisotopic (exact) mass is 184 g/mol. The molecule has 0 amide bonds. The van der Waals surface area contributed by atoms with Gasteiger partial charge in [0, 0.05) is 4.88 Å². The highest BCUT2D eigenvalue weighted by atomic mass is 32.1. The molecule has 1 aromatic rings. The first-order valence-corrected chi connectivity index (χ1v) is 4.71. The average Bonchev–Trinajstić information content (AvgIpc) is 2.47. The summed E-state index contributed by atoms with van der Waals surface area (Å²) in [6.07, 6.45) is 1.28. The van der Waals surface area contributed by atoms with Crippen LogP contribution in [0.5, 0.6) is 0 Å². The van der Waals surface area contributed by atoms with Gasteiger partial charge in [0.15, 0.2) is 0 Å². The van der Waals surface area contributed by atoms with E-state index in [2.05, 4.69) is 23.1 Å². The largest absolute Gasteiger partial charge is 0.469 e. The second kappa shape index (κ2) is 4.26. The number of hydrogen-bond donors (Lipinski definition) is 0. The molecule has 0 saturated carbocycles. The van der Waals surface area contributed by atoms with Crippen LogP contribution in [0.4, 0.5) is 0 Å². The molecule has 3 heteroatoms. The van der Waals surface area contributed by atoms with Crippen LogP contribution in [0.3, 0.4) is 0 Å². The fraction of sp³-hybridized carbons (Fsp3) is 0.444. The van der Waals surface area contributed by atoms with Crippen molar-refractivity contribution in [1.29, 1.82) is 0 Å². The fourth-order valence-corrected chi connectivity index (χ4v) is 1.83. The number of ether oxygens (including phenoxy) is 1. The zero-order valence-corrected chi connectivity index (χ0v) is 8.11. The van der Waals surface area contributed by atoms with E-state index in [1.165, 1.54) is 17.6 Å². The van der Waals surface area contributed by atoms with E-state index in [-0.39, 0.29) is 5.97 Å². The molecule has 1 heterocycles. The predicted molar refractivity (Wildman–Crippen MR) is 49.4 cm³/mol. The van der Waals surface area contributed by atoms with Crippen molar-refractivity contribution in [3.63, 3.8) is 0 Å². The fourth-order valence-electron chi connectivity index (χ4n) is 0.949. The first-order valence-electron chi connectivity index (χ1n) is 3.83. The first-order chi connectivity index (χ1) is 5.72. The lowest BCUT2D eigenvalue weighted by atomic mass is 10.2. The summed E-state index contributed by atoms with van der Waals surface area (Å²) in [6, 6.07) is 2.10. The van der Waals surface area contributed by atoms with Gasteiger partial charge in [0.2, 0.25) is 0 Å². The van der Waals surface area contributed by atoms with E-state index in [0.717, 1.165) is 6.42 Å². The minimum absolute atomic E-state index is 0.138. The van der Waals surface area contributed by atoms with Gasteiger partial charge in [0.1, 0.15) is 0 Å². The van der Waals surface area contributed by atoms with E-state index < -0.39 is 0 Å². The highest BCUT2D eigenvalue weighted by Crippen LogP contribution is 2.15. The van der Waals surface area contributed by atoms with Crippen LogP contribution in [0.25, 0.3) is 0 Å². The van der Waals surface area contributed by atoms with Gasteiger partial charge in [-0.05, 0) is 30.4 Å². The summed E-state index contributed by atoms with van der Waals surface area (Å²) >= 11 is 1.69. The molecule has 0 fully saturated rings. The molecule has 66 valence electrons. The van der Waals surface area contributed by atoms with Gasteiger partial charge in [-0.1, -0.05) is 0 Å². The molecule has 0 saturated heterocycles. The minimum Gasteiger partial charge on any atom is -0.469 e. The van der Waals surface area contributed by atoms with Gasteiger partial charge in [0.05, 0.1) is 13.5 Å². The van der Waals surface area contributed by atoms with Crippen molar-refractivity contribution in [3.05, 3.63) is 21.9 Å². The first kappa shape index (κ1) is 9.26.